The maximum absolute atomic E-state index is 13.7. The fourth-order valence-corrected chi connectivity index (χ4v) is 6.30. The molecule has 2 bridgehead atoms. The Balaban J connectivity index is 1.09. The van der Waals surface area contributed by atoms with Crippen molar-refractivity contribution in [3.05, 3.63) is 54.5 Å². The van der Waals surface area contributed by atoms with Crippen LogP contribution in [0.1, 0.15) is 12.5 Å². The van der Waals surface area contributed by atoms with Crippen molar-refractivity contribution in [3.8, 4) is 22.8 Å². The van der Waals surface area contributed by atoms with Gasteiger partial charge in [0.15, 0.2) is 17.6 Å². The molecule has 12 nitrogen and oxygen atoms in total. The number of carbonyl (C=O) groups is 1. The highest BCUT2D eigenvalue weighted by molar-refractivity contribution is 5.83. The Morgan fingerprint density at radius 3 is 2.67 bits per heavy atom. The molecule has 0 spiro atoms. The fraction of sp³-hybridized carbons (Fsp3) is 0.444. The first-order valence-electron chi connectivity index (χ1n) is 13.2. The van der Waals surface area contributed by atoms with Crippen molar-refractivity contribution in [2.24, 2.45) is 0 Å². The second-order valence-electron chi connectivity index (χ2n) is 10.6. The molecule has 3 saturated heterocycles. The minimum absolute atomic E-state index is 0.0780. The van der Waals surface area contributed by atoms with Gasteiger partial charge in [-0.15, -0.1) is 5.10 Å². The average Bonchev–Trinajstić information content (AvgIpc) is 3.77. The van der Waals surface area contributed by atoms with Crippen LogP contribution in [0.4, 0.5) is 10.1 Å². The topological polar surface area (TPSA) is 143 Å². The van der Waals surface area contributed by atoms with E-state index >= 15 is 0 Å². The summed E-state index contributed by atoms with van der Waals surface area (Å²) >= 11 is 0. The van der Waals surface area contributed by atoms with Crippen LogP contribution in [-0.2, 0) is 9.53 Å². The molecule has 4 aliphatic heterocycles. The first-order chi connectivity index (χ1) is 19.4. The molecular formula is C27H28FN5O7. The van der Waals surface area contributed by atoms with Gasteiger partial charge in [0.25, 0.3) is 5.91 Å². The van der Waals surface area contributed by atoms with Crippen LogP contribution in [0.25, 0.3) is 11.3 Å². The third-order valence-electron chi connectivity index (χ3n) is 8.28. The SMILES string of the molecule is O=C([C@@H]1O[C@H](CO)[C@H](O)[C@H](n2cc(-c3cccc(F)c3)nn2)[C@H]1O)N1C[C@@H]2C[C@H]1CN2c1ccc2c(c1)OCO2. The van der Waals surface area contributed by atoms with Crippen molar-refractivity contribution in [2.45, 2.75) is 49.0 Å². The molecule has 4 aliphatic rings. The van der Waals surface area contributed by atoms with Gasteiger partial charge in [-0.25, -0.2) is 9.07 Å². The number of piperazine rings is 1. The molecule has 0 saturated carbocycles. The number of rotatable bonds is 5. The summed E-state index contributed by atoms with van der Waals surface area (Å²) in [5.41, 5.74) is 1.78. The molecule has 1 aromatic heterocycles. The molecule has 3 N–H and O–H groups in total. The molecule has 1 amide bonds. The Kier molecular flexibility index (Phi) is 6.11. The second-order valence-corrected chi connectivity index (χ2v) is 10.6. The fourth-order valence-electron chi connectivity index (χ4n) is 6.30. The van der Waals surface area contributed by atoms with Gasteiger partial charge in [-0.05, 0) is 30.7 Å². The van der Waals surface area contributed by atoms with Gasteiger partial charge in [0.1, 0.15) is 35.9 Å². The maximum atomic E-state index is 13.7. The standard InChI is InChI=1S/C27H28FN5O7/c28-15-3-1-2-14(6-15)19-11-33(30-29-19)23-24(35)22(12-34)40-26(25(23)36)27(37)32-10-17-7-18(32)9-31(17)16-4-5-20-21(8-16)39-13-38-20/h1-6,8,11,17-18,22-26,34-36H,7,9-10,12-13H2/t17-,18-,22+,23-,24-,25+,26+/m0/s1. The van der Waals surface area contributed by atoms with Crippen molar-refractivity contribution in [1.29, 1.82) is 0 Å². The quantitative estimate of drug-likeness (QED) is 0.405. The monoisotopic (exact) mass is 553 g/mol. The van der Waals surface area contributed by atoms with Gasteiger partial charge in [0, 0.05) is 36.4 Å². The number of halogens is 1. The minimum atomic E-state index is -1.48. The zero-order chi connectivity index (χ0) is 27.5. The highest BCUT2D eigenvalue weighted by Gasteiger charge is 2.53. The number of carbonyl (C=O) groups excluding carboxylic acids is 1. The Morgan fingerprint density at radius 1 is 1.05 bits per heavy atom. The van der Waals surface area contributed by atoms with Gasteiger partial charge in [0.05, 0.1) is 18.8 Å². The van der Waals surface area contributed by atoms with Crippen LogP contribution in [0.15, 0.2) is 48.7 Å². The first kappa shape index (κ1) is 25.2. The van der Waals surface area contributed by atoms with Crippen LogP contribution in [0.5, 0.6) is 11.5 Å². The van der Waals surface area contributed by atoms with E-state index in [1.807, 2.05) is 18.2 Å². The zero-order valence-corrected chi connectivity index (χ0v) is 21.3. The van der Waals surface area contributed by atoms with Crippen LogP contribution < -0.4 is 14.4 Å². The second kappa shape index (κ2) is 9.70. The predicted molar refractivity (Wildman–Crippen MR) is 136 cm³/mol. The first-order valence-corrected chi connectivity index (χ1v) is 13.2. The number of hydrogen-bond acceptors (Lipinski definition) is 10. The van der Waals surface area contributed by atoms with E-state index in [1.54, 1.807) is 11.0 Å². The lowest BCUT2D eigenvalue weighted by Gasteiger charge is -2.44. The summed E-state index contributed by atoms with van der Waals surface area (Å²) in [4.78, 5) is 17.7. The average molecular weight is 554 g/mol. The third-order valence-corrected chi connectivity index (χ3v) is 8.28. The molecule has 2 aromatic carbocycles. The number of ether oxygens (including phenoxy) is 3. The number of benzene rings is 2. The minimum Gasteiger partial charge on any atom is -0.454 e. The molecule has 0 unspecified atom stereocenters. The van der Waals surface area contributed by atoms with E-state index in [-0.39, 0.29) is 18.9 Å². The zero-order valence-electron chi connectivity index (χ0n) is 21.3. The Hall–Kier alpha value is -3.78. The largest absolute Gasteiger partial charge is 0.454 e. The summed E-state index contributed by atoms with van der Waals surface area (Å²) in [6, 6.07) is 10.5. The number of hydrogen-bond donors (Lipinski definition) is 3. The normalized spacial score (nSPS) is 30.8. The summed E-state index contributed by atoms with van der Waals surface area (Å²) in [6.07, 6.45) is -3.08. The van der Waals surface area contributed by atoms with Gasteiger partial charge in [-0.2, -0.15) is 0 Å². The highest BCUT2D eigenvalue weighted by Crippen LogP contribution is 2.41. The lowest BCUT2D eigenvalue weighted by Crippen LogP contribution is -2.62. The van der Waals surface area contributed by atoms with Crippen molar-refractivity contribution in [3.63, 3.8) is 0 Å². The van der Waals surface area contributed by atoms with E-state index < -0.39 is 48.8 Å². The van der Waals surface area contributed by atoms with Gasteiger partial charge in [-0.3, -0.25) is 4.79 Å². The molecule has 210 valence electrons. The van der Waals surface area contributed by atoms with E-state index in [0.717, 1.165) is 12.1 Å². The van der Waals surface area contributed by atoms with Gasteiger partial charge < -0.3 is 39.3 Å². The molecule has 3 fully saturated rings. The number of aromatic nitrogens is 3. The van der Waals surface area contributed by atoms with E-state index in [9.17, 15) is 24.5 Å². The lowest BCUT2D eigenvalue weighted by molar-refractivity contribution is -0.212. The Bertz CT molecular complexity index is 1440. The number of nitrogens with zero attached hydrogens (tertiary/aromatic N) is 5. The van der Waals surface area contributed by atoms with E-state index in [2.05, 4.69) is 15.2 Å². The Morgan fingerprint density at radius 2 is 1.90 bits per heavy atom. The molecule has 13 heteroatoms. The van der Waals surface area contributed by atoms with Crippen molar-refractivity contribution < 1.29 is 38.7 Å². The van der Waals surface area contributed by atoms with Crippen LogP contribution in [0.2, 0.25) is 0 Å². The van der Waals surface area contributed by atoms with Gasteiger partial charge in [0.2, 0.25) is 6.79 Å². The van der Waals surface area contributed by atoms with E-state index in [4.69, 9.17) is 14.2 Å². The van der Waals surface area contributed by atoms with Crippen LogP contribution >= 0.6 is 0 Å². The number of fused-ring (bicyclic) bond motifs is 3. The Labute approximate surface area is 228 Å². The molecule has 7 rings (SSSR count). The number of aliphatic hydroxyl groups excluding tert-OH is 3. The van der Waals surface area contributed by atoms with Gasteiger partial charge in [-0.1, -0.05) is 17.3 Å². The maximum Gasteiger partial charge on any atom is 0.254 e. The van der Waals surface area contributed by atoms with Crippen molar-refractivity contribution in [2.75, 3.05) is 31.4 Å². The van der Waals surface area contributed by atoms with Gasteiger partial charge >= 0.3 is 0 Å². The third kappa shape index (κ3) is 4.08. The highest BCUT2D eigenvalue weighted by atomic mass is 19.1. The number of amides is 1. The van der Waals surface area contributed by atoms with E-state index in [0.29, 0.717) is 35.8 Å². The summed E-state index contributed by atoms with van der Waals surface area (Å²) < 4.78 is 31.7. The van der Waals surface area contributed by atoms with Crippen LogP contribution in [0.3, 0.4) is 0 Å². The lowest BCUT2D eigenvalue weighted by atomic mass is 9.91. The summed E-state index contributed by atoms with van der Waals surface area (Å²) in [5, 5.41) is 40.3. The number of likely N-dealkylation sites (tertiary alicyclic amines) is 1. The van der Waals surface area contributed by atoms with Crippen molar-refractivity contribution >= 4 is 11.6 Å². The number of anilines is 1. The van der Waals surface area contributed by atoms with E-state index in [1.165, 1.54) is 29.1 Å². The summed E-state index contributed by atoms with van der Waals surface area (Å²) in [5.74, 6) is 0.548. The number of aliphatic hydroxyl groups is 3. The molecule has 3 aromatic rings. The molecule has 7 atom stereocenters. The van der Waals surface area contributed by atoms with Crippen LogP contribution in [0, 0.1) is 5.82 Å². The van der Waals surface area contributed by atoms with Crippen LogP contribution in [-0.4, -0.2) is 104 Å². The molecular weight excluding hydrogens is 525 g/mol. The van der Waals surface area contributed by atoms with Crippen molar-refractivity contribution in [1.82, 2.24) is 19.9 Å². The summed E-state index contributed by atoms with van der Waals surface area (Å²) in [7, 11) is 0. The molecule has 0 aliphatic carbocycles. The molecule has 5 heterocycles. The molecule has 0 radical (unpaired) electrons. The predicted octanol–water partition coefficient (Wildman–Crippen LogP) is 0.325. The molecule has 40 heavy (non-hydrogen) atoms. The summed E-state index contributed by atoms with van der Waals surface area (Å²) in [6.45, 7) is 0.675. The smallest absolute Gasteiger partial charge is 0.254 e.